The molecule has 2 N–H and O–H groups in total. The van der Waals surface area contributed by atoms with Gasteiger partial charge in [-0.2, -0.15) is 0 Å². The molecule has 1 unspecified atom stereocenters. The van der Waals surface area contributed by atoms with Gasteiger partial charge in [0.15, 0.2) is 0 Å². The fourth-order valence-electron chi connectivity index (χ4n) is 4.27. The maximum Gasteiger partial charge on any atom is 0.0977 e. The van der Waals surface area contributed by atoms with Gasteiger partial charge in [-0.1, -0.05) is 84.0 Å². The van der Waals surface area contributed by atoms with Crippen LogP contribution in [-0.2, 0) is 10.1 Å². The molecule has 1 heterocycles. The Morgan fingerprint density at radius 2 is 1.32 bits per heavy atom. The average Bonchev–Trinajstić information content (AvgIpc) is 2.65. The number of quaternary nitrogens is 1. The largest absolute Gasteiger partial charge is 0.748 e. The highest BCUT2D eigenvalue weighted by atomic mass is 32.2. The van der Waals surface area contributed by atoms with Crippen LogP contribution in [0.1, 0.15) is 110 Å². The Bertz CT molecular complexity index is 461. The lowest BCUT2D eigenvalue weighted by Crippen LogP contribution is -3.13. The number of rotatable bonds is 17. The molecule has 0 aromatic rings. The van der Waals surface area contributed by atoms with Crippen LogP contribution in [0.5, 0.6) is 0 Å². The molecule has 1 atom stereocenters. The molecule has 1 saturated heterocycles. The molecule has 6 heteroatoms. The molecule has 1 aliphatic heterocycles. The van der Waals surface area contributed by atoms with Gasteiger partial charge in [0.25, 0.3) is 0 Å². The van der Waals surface area contributed by atoms with Crippen molar-refractivity contribution in [3.05, 3.63) is 0 Å². The quantitative estimate of drug-likeness (QED) is 0.280. The van der Waals surface area contributed by atoms with E-state index in [1.165, 1.54) is 62.7 Å². The van der Waals surface area contributed by atoms with Gasteiger partial charge in [-0.3, -0.25) is 0 Å². The Morgan fingerprint density at radius 1 is 0.857 bits per heavy atom. The molecule has 0 radical (unpaired) electrons. The zero-order valence-corrected chi connectivity index (χ0v) is 19.0. The minimum absolute atomic E-state index is 0.205. The molecule has 28 heavy (non-hydrogen) atoms. The van der Waals surface area contributed by atoms with Crippen LogP contribution in [0.4, 0.5) is 0 Å². The Labute approximate surface area is 174 Å². The standard InChI is InChI=1S/C22H45NO4S/c1-2-3-4-5-6-7-8-9-10-11-12-13-14-22(28(25,26)27)17-20-23-18-15-21(24)16-19-23/h21-22,24H,2-20H2,1H3,(H,25,26,27). The fourth-order valence-corrected chi connectivity index (χ4v) is 5.13. The van der Waals surface area contributed by atoms with Crippen LogP contribution in [0, 0.1) is 0 Å². The molecule has 0 spiro atoms. The topological polar surface area (TPSA) is 81.9 Å². The molecule has 1 rings (SSSR count). The Balaban J connectivity index is 2.04. The van der Waals surface area contributed by atoms with E-state index >= 15 is 0 Å². The summed E-state index contributed by atoms with van der Waals surface area (Å²) in [7, 11) is -4.20. The molecule has 0 aromatic carbocycles. The molecule has 5 nitrogen and oxygen atoms in total. The van der Waals surface area contributed by atoms with E-state index in [0.29, 0.717) is 12.8 Å². The molecule has 0 aliphatic carbocycles. The number of aliphatic hydroxyl groups excluding tert-OH is 1. The highest BCUT2D eigenvalue weighted by Gasteiger charge is 2.23. The van der Waals surface area contributed by atoms with E-state index in [1.54, 1.807) is 0 Å². The van der Waals surface area contributed by atoms with Crippen molar-refractivity contribution in [3.63, 3.8) is 0 Å². The summed E-state index contributed by atoms with van der Waals surface area (Å²) in [5.74, 6) is 0. The molecule has 0 aromatic heterocycles. The van der Waals surface area contributed by atoms with Gasteiger partial charge in [-0.15, -0.1) is 0 Å². The van der Waals surface area contributed by atoms with E-state index in [1.807, 2.05) is 0 Å². The van der Waals surface area contributed by atoms with Gasteiger partial charge in [-0.05, 0) is 6.42 Å². The van der Waals surface area contributed by atoms with Crippen LogP contribution in [0.3, 0.4) is 0 Å². The molecule has 1 aliphatic rings. The van der Waals surface area contributed by atoms with Gasteiger partial charge in [0.2, 0.25) is 0 Å². The van der Waals surface area contributed by atoms with Crippen molar-refractivity contribution >= 4 is 10.1 Å². The lowest BCUT2D eigenvalue weighted by molar-refractivity contribution is -0.906. The summed E-state index contributed by atoms with van der Waals surface area (Å²) in [5.41, 5.74) is 0. The van der Waals surface area contributed by atoms with E-state index in [4.69, 9.17) is 0 Å². The molecule has 0 amide bonds. The van der Waals surface area contributed by atoms with Crippen molar-refractivity contribution in [3.8, 4) is 0 Å². The zero-order valence-electron chi connectivity index (χ0n) is 18.2. The maximum absolute atomic E-state index is 11.6. The number of piperidine rings is 1. The van der Waals surface area contributed by atoms with Gasteiger partial charge < -0.3 is 14.6 Å². The first-order valence-corrected chi connectivity index (χ1v) is 13.4. The summed E-state index contributed by atoms with van der Waals surface area (Å²) in [6, 6.07) is 0. The van der Waals surface area contributed by atoms with Crippen LogP contribution < -0.4 is 4.90 Å². The SMILES string of the molecule is CCCCCCCCCCCCCCC(CC[NH+]1CCC(O)CC1)S(=O)(=O)[O-]. The van der Waals surface area contributed by atoms with Gasteiger partial charge in [0.1, 0.15) is 0 Å². The normalized spacial score (nSPS) is 21.7. The van der Waals surface area contributed by atoms with Crippen LogP contribution in [-0.4, -0.2) is 49.1 Å². The first-order chi connectivity index (χ1) is 13.4. The molecule has 168 valence electrons. The average molecular weight is 420 g/mol. The predicted molar refractivity (Wildman–Crippen MR) is 115 cm³/mol. The van der Waals surface area contributed by atoms with Crippen molar-refractivity contribution < 1.29 is 23.0 Å². The predicted octanol–water partition coefficient (Wildman–Crippen LogP) is 3.42. The lowest BCUT2D eigenvalue weighted by Gasteiger charge is -2.28. The van der Waals surface area contributed by atoms with E-state index < -0.39 is 15.4 Å². The van der Waals surface area contributed by atoms with Crippen molar-refractivity contribution in [1.82, 2.24) is 0 Å². The fraction of sp³-hybridized carbons (Fsp3) is 1.00. The van der Waals surface area contributed by atoms with E-state index in [-0.39, 0.29) is 6.10 Å². The molecule has 0 bridgehead atoms. The number of likely N-dealkylation sites (tertiary alicyclic amines) is 1. The highest BCUT2D eigenvalue weighted by molar-refractivity contribution is 7.86. The van der Waals surface area contributed by atoms with Crippen molar-refractivity contribution in [2.24, 2.45) is 0 Å². The summed E-state index contributed by atoms with van der Waals surface area (Å²) < 4.78 is 34.8. The summed E-state index contributed by atoms with van der Waals surface area (Å²) in [6.07, 6.45) is 17.3. The van der Waals surface area contributed by atoms with Crippen molar-refractivity contribution in [2.45, 2.75) is 121 Å². The molecule has 1 fully saturated rings. The van der Waals surface area contributed by atoms with Gasteiger partial charge in [0, 0.05) is 19.3 Å². The third-order valence-electron chi connectivity index (χ3n) is 6.27. The Hall–Kier alpha value is -0.170. The summed E-state index contributed by atoms with van der Waals surface area (Å²) in [6.45, 7) is 4.74. The van der Waals surface area contributed by atoms with E-state index in [2.05, 4.69) is 6.92 Å². The smallest absolute Gasteiger partial charge is 0.0977 e. The minimum Gasteiger partial charge on any atom is -0.748 e. The Morgan fingerprint density at radius 3 is 1.79 bits per heavy atom. The lowest BCUT2D eigenvalue weighted by atomic mass is 10.0. The summed E-state index contributed by atoms with van der Waals surface area (Å²) >= 11 is 0. The van der Waals surface area contributed by atoms with Gasteiger partial charge in [-0.25, -0.2) is 8.42 Å². The highest BCUT2D eigenvalue weighted by Crippen LogP contribution is 2.16. The number of nitrogens with one attached hydrogen (secondary N) is 1. The van der Waals surface area contributed by atoms with Gasteiger partial charge in [0.05, 0.1) is 41.1 Å². The monoisotopic (exact) mass is 419 g/mol. The first kappa shape index (κ1) is 25.9. The van der Waals surface area contributed by atoms with E-state index in [9.17, 15) is 18.1 Å². The van der Waals surface area contributed by atoms with Gasteiger partial charge >= 0.3 is 0 Å². The van der Waals surface area contributed by atoms with Crippen molar-refractivity contribution in [1.29, 1.82) is 0 Å². The molecule has 0 saturated carbocycles. The number of hydrogen-bond acceptors (Lipinski definition) is 4. The zero-order chi connectivity index (χ0) is 20.7. The second-order valence-corrected chi connectivity index (χ2v) is 10.5. The second kappa shape index (κ2) is 15.6. The van der Waals surface area contributed by atoms with Crippen LogP contribution in [0.25, 0.3) is 0 Å². The van der Waals surface area contributed by atoms with Crippen LogP contribution >= 0.6 is 0 Å². The first-order valence-electron chi connectivity index (χ1n) is 11.9. The summed E-state index contributed by atoms with van der Waals surface area (Å²) in [5, 5.41) is 8.83. The maximum atomic E-state index is 11.6. The molecular formula is C22H45NO4S. The van der Waals surface area contributed by atoms with Crippen LogP contribution in [0.2, 0.25) is 0 Å². The third-order valence-corrected chi connectivity index (χ3v) is 7.56. The number of hydrogen-bond donors (Lipinski definition) is 2. The number of aliphatic hydroxyl groups is 1. The number of unbranched alkanes of at least 4 members (excludes halogenated alkanes) is 11. The third kappa shape index (κ3) is 13.1. The summed E-state index contributed by atoms with van der Waals surface area (Å²) in [4.78, 5) is 1.33. The second-order valence-electron chi connectivity index (χ2n) is 8.81. The minimum atomic E-state index is -4.20. The van der Waals surface area contributed by atoms with E-state index in [0.717, 1.165) is 51.7 Å². The van der Waals surface area contributed by atoms with Crippen molar-refractivity contribution in [2.75, 3.05) is 19.6 Å². The Kier molecular flexibility index (Phi) is 14.4. The van der Waals surface area contributed by atoms with Crippen LogP contribution in [0.15, 0.2) is 0 Å². The molecular weight excluding hydrogens is 374 g/mol.